The molecule has 28 heavy (non-hydrogen) atoms. The van der Waals surface area contributed by atoms with E-state index in [2.05, 4.69) is 10.2 Å². The number of para-hydroxylation sites is 1. The number of hydrogen-bond donors (Lipinski definition) is 3. The molecule has 6 nitrogen and oxygen atoms in total. The van der Waals surface area contributed by atoms with Crippen molar-refractivity contribution >= 4 is 40.8 Å². The normalized spacial score (nSPS) is 13.4. The molecule has 2 rings (SSSR count). The summed E-state index contributed by atoms with van der Waals surface area (Å²) in [5.41, 5.74) is 0.362. The van der Waals surface area contributed by atoms with Crippen LogP contribution in [0, 0.1) is 0 Å². The van der Waals surface area contributed by atoms with Crippen LogP contribution in [-0.2, 0) is 9.53 Å². The number of anilines is 1. The monoisotopic (exact) mass is 435 g/mol. The van der Waals surface area contributed by atoms with E-state index in [1.165, 1.54) is 24.3 Å². The molecule has 150 valence electrons. The molecule has 0 aliphatic heterocycles. The van der Waals surface area contributed by atoms with Gasteiger partial charge in [0, 0.05) is 10.7 Å². The maximum Gasteiger partial charge on any atom is 0.438 e. The van der Waals surface area contributed by atoms with Gasteiger partial charge in [0.05, 0.1) is 17.7 Å². The number of carbonyl (C=O) groups excluding carboxylic acids is 2. The molecule has 1 atom stereocenters. The largest absolute Gasteiger partial charge is 0.466 e. The van der Waals surface area contributed by atoms with E-state index in [0.717, 1.165) is 13.2 Å². The van der Waals surface area contributed by atoms with Gasteiger partial charge in [-0.2, -0.15) is 18.6 Å². The number of nitrogens with one attached hydrogen (secondary N) is 3. The number of amides is 1. The maximum absolute atomic E-state index is 13.9. The van der Waals surface area contributed by atoms with Crippen molar-refractivity contribution in [2.75, 3.05) is 12.5 Å². The van der Waals surface area contributed by atoms with E-state index in [9.17, 15) is 22.8 Å². The Balaban J connectivity index is 2.41. The lowest BCUT2D eigenvalue weighted by molar-refractivity contribution is -0.215. The van der Waals surface area contributed by atoms with Gasteiger partial charge in [0.1, 0.15) is 0 Å². The fourth-order valence-corrected chi connectivity index (χ4v) is 2.64. The molecule has 0 fully saturated rings. The Bertz CT molecular complexity index is 866. The van der Waals surface area contributed by atoms with E-state index in [-0.39, 0.29) is 21.3 Å². The minimum Gasteiger partial charge on any atom is -0.466 e. The number of carbonyl (C=O) groups is 2. The van der Waals surface area contributed by atoms with Gasteiger partial charge in [-0.25, -0.2) is 4.79 Å². The lowest BCUT2D eigenvalue weighted by atomic mass is 10.1. The predicted molar refractivity (Wildman–Crippen MR) is 97.9 cm³/mol. The van der Waals surface area contributed by atoms with E-state index < -0.39 is 23.7 Å². The minimum atomic E-state index is -5.28. The first kappa shape index (κ1) is 21.8. The van der Waals surface area contributed by atoms with Gasteiger partial charge in [-0.1, -0.05) is 41.4 Å². The van der Waals surface area contributed by atoms with Crippen LogP contribution in [0.1, 0.15) is 10.4 Å². The van der Waals surface area contributed by atoms with Crippen LogP contribution in [0.3, 0.4) is 0 Å². The lowest BCUT2D eigenvalue weighted by Crippen LogP contribution is -2.73. The Labute approximate surface area is 167 Å². The first-order valence-corrected chi connectivity index (χ1v) is 8.37. The molecule has 0 heterocycles. The highest BCUT2D eigenvalue weighted by Gasteiger charge is 2.63. The zero-order valence-corrected chi connectivity index (χ0v) is 15.7. The SMILES string of the molecule is COC(=O)[C@@](NNc1ccccc1)(NC(=O)c1ccc(Cl)cc1Cl)C(F)(F)F. The summed E-state index contributed by atoms with van der Waals surface area (Å²) < 4.78 is 45.9. The van der Waals surface area contributed by atoms with Crippen LogP contribution < -0.4 is 16.2 Å². The molecule has 0 saturated carbocycles. The highest BCUT2D eigenvalue weighted by Crippen LogP contribution is 2.31. The topological polar surface area (TPSA) is 79.5 Å². The molecule has 0 aliphatic carbocycles. The van der Waals surface area contributed by atoms with Gasteiger partial charge in [0.2, 0.25) is 0 Å². The number of hydrazine groups is 1. The first-order valence-electron chi connectivity index (χ1n) is 7.61. The number of hydrogen-bond acceptors (Lipinski definition) is 5. The summed E-state index contributed by atoms with van der Waals surface area (Å²) in [4.78, 5) is 24.6. The summed E-state index contributed by atoms with van der Waals surface area (Å²) in [6, 6.07) is 11.2. The molecule has 0 bridgehead atoms. The second-order valence-corrected chi connectivity index (χ2v) is 6.28. The van der Waals surface area contributed by atoms with Crippen molar-refractivity contribution in [3.8, 4) is 0 Å². The summed E-state index contributed by atoms with van der Waals surface area (Å²) in [7, 11) is 0.758. The second-order valence-electron chi connectivity index (χ2n) is 5.43. The number of alkyl halides is 3. The number of rotatable bonds is 6. The van der Waals surface area contributed by atoms with Crippen molar-refractivity contribution in [3.05, 3.63) is 64.1 Å². The van der Waals surface area contributed by atoms with Crippen LogP contribution in [0.15, 0.2) is 48.5 Å². The Morgan fingerprint density at radius 1 is 1.04 bits per heavy atom. The first-order chi connectivity index (χ1) is 13.1. The molecule has 0 radical (unpaired) electrons. The number of esters is 1. The molecule has 3 N–H and O–H groups in total. The van der Waals surface area contributed by atoms with Gasteiger partial charge in [-0.05, 0) is 30.3 Å². The summed E-state index contributed by atoms with van der Waals surface area (Å²) in [5, 5.41) is 1.62. The quantitative estimate of drug-likeness (QED) is 0.365. The minimum absolute atomic E-state index is 0.181. The summed E-state index contributed by atoms with van der Waals surface area (Å²) >= 11 is 11.6. The van der Waals surface area contributed by atoms with Crippen LogP contribution >= 0.6 is 23.2 Å². The highest BCUT2D eigenvalue weighted by atomic mass is 35.5. The Kier molecular flexibility index (Phi) is 6.76. The molecule has 0 saturated heterocycles. The van der Waals surface area contributed by atoms with Crippen LogP contribution in [0.2, 0.25) is 10.0 Å². The van der Waals surface area contributed by atoms with Crippen LogP contribution in [0.5, 0.6) is 0 Å². The summed E-state index contributed by atoms with van der Waals surface area (Å²) in [6.45, 7) is 0. The third-order valence-electron chi connectivity index (χ3n) is 3.56. The molecule has 2 aromatic carbocycles. The van der Waals surface area contributed by atoms with E-state index in [1.54, 1.807) is 23.5 Å². The zero-order valence-electron chi connectivity index (χ0n) is 14.2. The second kappa shape index (κ2) is 8.68. The average Bonchev–Trinajstić information content (AvgIpc) is 2.64. The number of halogens is 5. The molecule has 0 unspecified atom stereocenters. The van der Waals surface area contributed by atoms with Crippen molar-refractivity contribution in [2.45, 2.75) is 11.8 Å². The number of ether oxygens (including phenoxy) is 1. The van der Waals surface area contributed by atoms with Crippen molar-refractivity contribution in [1.29, 1.82) is 0 Å². The lowest BCUT2D eigenvalue weighted by Gasteiger charge is -2.34. The van der Waals surface area contributed by atoms with Gasteiger partial charge < -0.3 is 15.5 Å². The van der Waals surface area contributed by atoms with E-state index in [0.29, 0.717) is 0 Å². The third-order valence-corrected chi connectivity index (χ3v) is 4.11. The summed E-state index contributed by atoms with van der Waals surface area (Å²) in [5.74, 6) is -3.06. The Hall–Kier alpha value is -2.49. The van der Waals surface area contributed by atoms with Gasteiger partial charge in [-0.15, -0.1) is 0 Å². The number of methoxy groups -OCH3 is 1. The zero-order chi connectivity index (χ0) is 20.9. The number of benzene rings is 2. The van der Waals surface area contributed by atoms with Gasteiger partial charge in [-0.3, -0.25) is 4.79 Å². The highest BCUT2D eigenvalue weighted by molar-refractivity contribution is 6.36. The van der Waals surface area contributed by atoms with E-state index in [1.807, 2.05) is 5.43 Å². The fourth-order valence-electron chi connectivity index (χ4n) is 2.14. The van der Waals surface area contributed by atoms with Crippen LogP contribution in [0.25, 0.3) is 0 Å². The van der Waals surface area contributed by atoms with Gasteiger partial charge in [0.15, 0.2) is 0 Å². The molecule has 0 spiro atoms. The van der Waals surface area contributed by atoms with Crippen molar-refractivity contribution in [3.63, 3.8) is 0 Å². The van der Waals surface area contributed by atoms with E-state index >= 15 is 0 Å². The van der Waals surface area contributed by atoms with Crippen molar-refractivity contribution < 1.29 is 27.5 Å². The van der Waals surface area contributed by atoms with Crippen LogP contribution in [-0.4, -0.2) is 30.8 Å². The average molecular weight is 436 g/mol. The van der Waals surface area contributed by atoms with Gasteiger partial charge in [0.25, 0.3) is 5.91 Å². The third kappa shape index (κ3) is 4.67. The van der Waals surface area contributed by atoms with Crippen molar-refractivity contribution in [2.24, 2.45) is 0 Å². The van der Waals surface area contributed by atoms with Crippen molar-refractivity contribution in [1.82, 2.24) is 10.7 Å². The Morgan fingerprint density at radius 2 is 1.68 bits per heavy atom. The molecule has 0 aliphatic rings. The molecular formula is C17H14Cl2F3N3O3. The molecule has 1 amide bonds. The standard InChI is InChI=1S/C17H14Cl2F3N3O3/c1-28-15(27)16(17(20,21)22,25-24-11-5-3-2-4-6-11)23-14(26)12-8-7-10(18)9-13(12)19/h2-9,24-25H,1H3,(H,23,26)/t16-/m0/s1. The molecule has 11 heteroatoms. The van der Waals surface area contributed by atoms with Gasteiger partial charge >= 0.3 is 17.8 Å². The molecule has 0 aromatic heterocycles. The smallest absolute Gasteiger partial charge is 0.438 e. The van der Waals surface area contributed by atoms with Crippen LogP contribution in [0.4, 0.5) is 18.9 Å². The molecule has 2 aromatic rings. The molecular weight excluding hydrogens is 422 g/mol. The fraction of sp³-hybridized carbons (Fsp3) is 0.176. The predicted octanol–water partition coefficient (Wildman–Crippen LogP) is 3.77. The Morgan fingerprint density at radius 3 is 2.21 bits per heavy atom. The summed E-state index contributed by atoms with van der Waals surface area (Å²) in [6.07, 6.45) is -5.28. The maximum atomic E-state index is 13.9. The van der Waals surface area contributed by atoms with E-state index in [4.69, 9.17) is 23.2 Å².